The largest absolute Gasteiger partial charge is 0.507 e. The summed E-state index contributed by atoms with van der Waals surface area (Å²) >= 11 is 0. The van der Waals surface area contributed by atoms with Gasteiger partial charge in [-0.15, -0.1) is 0 Å². The second-order valence-electron chi connectivity index (χ2n) is 5.21. The van der Waals surface area contributed by atoms with E-state index in [9.17, 15) is 9.90 Å². The van der Waals surface area contributed by atoms with Crippen molar-refractivity contribution in [2.24, 2.45) is 0 Å². The molecule has 0 aliphatic heterocycles. The van der Waals surface area contributed by atoms with Gasteiger partial charge >= 0.3 is 0 Å². The molecule has 0 fully saturated rings. The zero-order valence-electron chi connectivity index (χ0n) is 12.4. The molecular weight excluding hydrogens is 266 g/mol. The zero-order chi connectivity index (χ0) is 15.4. The smallest absolute Gasteiger partial charge is 0.255 e. The van der Waals surface area contributed by atoms with E-state index in [1.54, 1.807) is 31.3 Å². The van der Waals surface area contributed by atoms with Crippen LogP contribution in [0, 0.1) is 6.92 Å². The van der Waals surface area contributed by atoms with Crippen molar-refractivity contribution in [1.29, 1.82) is 0 Å². The van der Waals surface area contributed by atoms with Crippen molar-refractivity contribution in [3.8, 4) is 5.75 Å². The van der Waals surface area contributed by atoms with Crippen LogP contribution in [-0.4, -0.2) is 21.0 Å². The standard InChI is InChI=1S/C16H19N3O2/c1-10(2)12-4-5-15(20)14(8-12)16(21)18-9-13-6-7-17-11(3)19-13/h4-8,10,20H,9H2,1-3H3,(H,18,21). The van der Waals surface area contributed by atoms with Crippen LogP contribution in [-0.2, 0) is 6.54 Å². The summed E-state index contributed by atoms with van der Waals surface area (Å²) in [7, 11) is 0. The molecule has 0 spiro atoms. The van der Waals surface area contributed by atoms with Gasteiger partial charge in [-0.05, 0) is 36.6 Å². The average molecular weight is 285 g/mol. The molecule has 110 valence electrons. The number of nitrogens with one attached hydrogen (secondary N) is 1. The maximum absolute atomic E-state index is 12.2. The van der Waals surface area contributed by atoms with Crippen molar-refractivity contribution in [3.05, 3.63) is 53.1 Å². The lowest BCUT2D eigenvalue weighted by Gasteiger charge is -2.10. The first kappa shape index (κ1) is 15.0. The number of carbonyl (C=O) groups is 1. The fourth-order valence-corrected chi connectivity index (χ4v) is 1.96. The van der Waals surface area contributed by atoms with Crippen LogP contribution in [0.1, 0.15) is 47.2 Å². The normalized spacial score (nSPS) is 10.7. The number of hydrogen-bond donors (Lipinski definition) is 2. The number of amides is 1. The lowest BCUT2D eigenvalue weighted by atomic mass is 10.00. The number of phenols is 1. The fraction of sp³-hybridized carbons (Fsp3) is 0.312. The predicted octanol–water partition coefficient (Wildman–Crippen LogP) is 2.54. The minimum absolute atomic E-state index is 0.0178. The summed E-state index contributed by atoms with van der Waals surface area (Å²) in [5.74, 6) is 0.620. The molecule has 0 aliphatic carbocycles. The van der Waals surface area contributed by atoms with Gasteiger partial charge in [0.2, 0.25) is 0 Å². The van der Waals surface area contributed by atoms with Crippen LogP contribution < -0.4 is 5.32 Å². The number of aromatic hydroxyl groups is 1. The summed E-state index contributed by atoms with van der Waals surface area (Å²) in [6.45, 7) is 6.17. The minimum atomic E-state index is -0.314. The van der Waals surface area contributed by atoms with Crippen LogP contribution >= 0.6 is 0 Å². The van der Waals surface area contributed by atoms with Crippen molar-refractivity contribution < 1.29 is 9.90 Å². The van der Waals surface area contributed by atoms with E-state index in [-0.39, 0.29) is 17.2 Å². The molecule has 1 aromatic heterocycles. The first-order valence-electron chi connectivity index (χ1n) is 6.87. The quantitative estimate of drug-likeness (QED) is 0.905. The predicted molar refractivity (Wildman–Crippen MR) is 80.1 cm³/mol. The third kappa shape index (κ3) is 3.78. The fourth-order valence-electron chi connectivity index (χ4n) is 1.96. The topological polar surface area (TPSA) is 75.1 Å². The van der Waals surface area contributed by atoms with Crippen LogP contribution in [0.5, 0.6) is 5.75 Å². The van der Waals surface area contributed by atoms with Crippen LogP contribution in [0.2, 0.25) is 0 Å². The summed E-state index contributed by atoms with van der Waals surface area (Å²) in [4.78, 5) is 20.4. The van der Waals surface area contributed by atoms with E-state index in [1.165, 1.54) is 0 Å². The Balaban J connectivity index is 2.11. The number of carbonyl (C=O) groups excluding carboxylic acids is 1. The number of aromatic nitrogens is 2. The van der Waals surface area contributed by atoms with E-state index >= 15 is 0 Å². The highest BCUT2D eigenvalue weighted by atomic mass is 16.3. The minimum Gasteiger partial charge on any atom is -0.507 e. The van der Waals surface area contributed by atoms with Gasteiger partial charge in [0.05, 0.1) is 17.8 Å². The highest BCUT2D eigenvalue weighted by Gasteiger charge is 2.13. The second-order valence-corrected chi connectivity index (χ2v) is 5.21. The number of phenolic OH excluding ortho intramolecular Hbond substituents is 1. The van der Waals surface area contributed by atoms with Gasteiger partial charge in [0.15, 0.2) is 0 Å². The highest BCUT2D eigenvalue weighted by molar-refractivity contribution is 5.96. The molecule has 2 aromatic rings. The maximum atomic E-state index is 12.2. The summed E-state index contributed by atoms with van der Waals surface area (Å²) in [6, 6.07) is 6.85. The first-order valence-corrected chi connectivity index (χ1v) is 6.87. The average Bonchev–Trinajstić information content (AvgIpc) is 2.45. The van der Waals surface area contributed by atoms with Crippen molar-refractivity contribution in [2.45, 2.75) is 33.2 Å². The molecule has 0 radical (unpaired) electrons. The summed E-state index contributed by atoms with van der Waals surface area (Å²) in [5.41, 5.74) is 2.03. The Labute approximate surface area is 124 Å². The van der Waals surface area contributed by atoms with Gasteiger partial charge < -0.3 is 10.4 Å². The van der Waals surface area contributed by atoms with Gasteiger partial charge in [-0.3, -0.25) is 4.79 Å². The van der Waals surface area contributed by atoms with E-state index < -0.39 is 0 Å². The summed E-state index contributed by atoms with van der Waals surface area (Å²) in [6.07, 6.45) is 1.65. The molecule has 0 atom stereocenters. The van der Waals surface area contributed by atoms with Gasteiger partial charge in [-0.2, -0.15) is 0 Å². The SMILES string of the molecule is Cc1nccc(CNC(=O)c2cc(C(C)C)ccc2O)n1. The Hall–Kier alpha value is -2.43. The summed E-state index contributed by atoms with van der Waals surface area (Å²) < 4.78 is 0. The van der Waals surface area contributed by atoms with E-state index in [0.717, 1.165) is 11.3 Å². The van der Waals surface area contributed by atoms with Gasteiger partial charge in [0, 0.05) is 6.20 Å². The Morgan fingerprint density at radius 1 is 1.33 bits per heavy atom. The summed E-state index contributed by atoms with van der Waals surface area (Å²) in [5, 5.41) is 12.6. The number of aryl methyl sites for hydroxylation is 1. The maximum Gasteiger partial charge on any atom is 0.255 e. The van der Waals surface area contributed by atoms with Crippen molar-refractivity contribution >= 4 is 5.91 Å². The molecule has 0 bridgehead atoms. The monoisotopic (exact) mass is 285 g/mol. The molecule has 5 heteroatoms. The van der Waals surface area contributed by atoms with E-state index in [2.05, 4.69) is 15.3 Å². The van der Waals surface area contributed by atoms with Crippen molar-refractivity contribution in [3.63, 3.8) is 0 Å². The van der Waals surface area contributed by atoms with Crippen molar-refractivity contribution in [1.82, 2.24) is 15.3 Å². The molecule has 2 rings (SSSR count). The number of rotatable bonds is 4. The molecule has 1 amide bonds. The number of nitrogens with zero attached hydrogens (tertiary/aromatic N) is 2. The van der Waals surface area contributed by atoms with Crippen LogP contribution in [0.3, 0.4) is 0 Å². The lowest BCUT2D eigenvalue weighted by Crippen LogP contribution is -2.23. The van der Waals surface area contributed by atoms with E-state index in [1.807, 2.05) is 19.9 Å². The Kier molecular flexibility index (Phi) is 4.52. The van der Waals surface area contributed by atoms with Gasteiger partial charge in [0.25, 0.3) is 5.91 Å². The molecule has 0 aliphatic rings. The van der Waals surface area contributed by atoms with Crippen LogP contribution in [0.4, 0.5) is 0 Å². The Morgan fingerprint density at radius 2 is 2.10 bits per heavy atom. The molecule has 2 N–H and O–H groups in total. The zero-order valence-corrected chi connectivity index (χ0v) is 12.4. The molecule has 21 heavy (non-hydrogen) atoms. The molecule has 0 saturated carbocycles. The highest BCUT2D eigenvalue weighted by Crippen LogP contribution is 2.23. The molecule has 0 unspecified atom stereocenters. The second kappa shape index (κ2) is 6.35. The number of benzene rings is 1. The third-order valence-corrected chi connectivity index (χ3v) is 3.20. The van der Waals surface area contributed by atoms with Crippen LogP contribution in [0.25, 0.3) is 0 Å². The molecule has 1 heterocycles. The van der Waals surface area contributed by atoms with Gasteiger partial charge in [0.1, 0.15) is 11.6 Å². The Morgan fingerprint density at radius 3 is 2.76 bits per heavy atom. The third-order valence-electron chi connectivity index (χ3n) is 3.20. The molecule has 5 nitrogen and oxygen atoms in total. The van der Waals surface area contributed by atoms with Gasteiger partial charge in [-0.1, -0.05) is 19.9 Å². The van der Waals surface area contributed by atoms with Crippen molar-refractivity contribution in [2.75, 3.05) is 0 Å². The van der Waals surface area contributed by atoms with E-state index in [0.29, 0.717) is 18.3 Å². The first-order chi connectivity index (χ1) is 9.97. The molecular formula is C16H19N3O2. The Bertz CT molecular complexity index is 654. The molecule has 0 saturated heterocycles. The van der Waals surface area contributed by atoms with Gasteiger partial charge in [-0.25, -0.2) is 9.97 Å². The lowest BCUT2D eigenvalue weighted by molar-refractivity contribution is 0.0947. The van der Waals surface area contributed by atoms with E-state index in [4.69, 9.17) is 0 Å². The molecule has 1 aromatic carbocycles. The van der Waals surface area contributed by atoms with Crippen LogP contribution in [0.15, 0.2) is 30.5 Å². The number of hydrogen-bond acceptors (Lipinski definition) is 4.